The minimum Gasteiger partial charge on any atom is -0.468 e. The fraction of sp³-hybridized carbons (Fsp3) is 0.308. The summed E-state index contributed by atoms with van der Waals surface area (Å²) in [5.74, 6) is -0.981. The number of nitrogens with one attached hydrogen (secondary N) is 2. The van der Waals surface area contributed by atoms with Crippen LogP contribution in [0.1, 0.15) is 12.0 Å². The lowest BCUT2D eigenvalue weighted by Gasteiger charge is -2.28. The molecule has 2 amide bonds. The van der Waals surface area contributed by atoms with Gasteiger partial charge < -0.3 is 19.7 Å². The highest BCUT2D eigenvalue weighted by atomic mass is 35.5. The average molecular weight is 531 g/mol. The lowest BCUT2D eigenvalue weighted by molar-refractivity contribution is -0.139. The van der Waals surface area contributed by atoms with Gasteiger partial charge in [0.25, 0.3) is 0 Å². The Kier molecular flexibility index (Phi) is 10.2. The van der Waals surface area contributed by atoms with Gasteiger partial charge in [-0.25, -0.2) is 14.2 Å². The van der Waals surface area contributed by atoms with Crippen LogP contribution >= 0.6 is 11.6 Å². The number of rotatable bonds is 11. The van der Waals surface area contributed by atoms with E-state index in [0.717, 1.165) is 10.8 Å². The number of pyridine rings is 1. The molecular formula is C26H28ClFN4O5. The van der Waals surface area contributed by atoms with Crippen LogP contribution in [0.3, 0.4) is 0 Å². The molecule has 1 heterocycles. The molecule has 0 aliphatic carbocycles. The van der Waals surface area contributed by atoms with Gasteiger partial charge in [-0.1, -0.05) is 48.0 Å². The fourth-order valence-electron chi connectivity index (χ4n) is 3.55. The molecule has 0 aliphatic rings. The molecule has 9 nitrogen and oxygen atoms in total. The number of methoxy groups -OCH3 is 1. The van der Waals surface area contributed by atoms with E-state index in [1.807, 2.05) is 24.3 Å². The van der Waals surface area contributed by atoms with Gasteiger partial charge in [0, 0.05) is 31.6 Å². The molecule has 196 valence electrons. The summed E-state index contributed by atoms with van der Waals surface area (Å²) < 4.78 is 23.7. The third-order valence-electron chi connectivity index (χ3n) is 5.73. The number of amides is 2. The zero-order chi connectivity index (χ0) is 26.8. The summed E-state index contributed by atoms with van der Waals surface area (Å²) in [4.78, 5) is 42.4. The van der Waals surface area contributed by atoms with Crippen molar-refractivity contribution in [2.24, 2.45) is 0 Å². The first-order valence-corrected chi connectivity index (χ1v) is 11.9. The number of hydrogen-bond acceptors (Lipinski definition) is 7. The predicted molar refractivity (Wildman–Crippen MR) is 138 cm³/mol. The molecule has 0 bridgehead atoms. The number of hydrogen-bond donors (Lipinski definition) is 2. The SMILES string of the molecule is COC(=O)CNC[C@@H](COC(=O)Nc1cc2ccccc2cn1)N(C)C(=O)CCc1cccc(F)c1Cl. The highest BCUT2D eigenvalue weighted by molar-refractivity contribution is 6.31. The van der Waals surface area contributed by atoms with Crippen LogP contribution in [0.5, 0.6) is 0 Å². The minimum absolute atomic E-state index is 0.0171. The summed E-state index contributed by atoms with van der Waals surface area (Å²) in [7, 11) is 2.83. The van der Waals surface area contributed by atoms with Gasteiger partial charge in [0.2, 0.25) is 5.91 Å². The number of aryl methyl sites for hydroxylation is 1. The summed E-state index contributed by atoms with van der Waals surface area (Å²) in [5.41, 5.74) is 0.516. The molecule has 0 spiro atoms. The van der Waals surface area contributed by atoms with Gasteiger partial charge in [-0.3, -0.25) is 14.9 Å². The van der Waals surface area contributed by atoms with E-state index in [2.05, 4.69) is 20.4 Å². The van der Waals surface area contributed by atoms with Crippen LogP contribution in [-0.2, 0) is 25.5 Å². The molecule has 11 heteroatoms. The molecule has 3 rings (SSSR count). The lowest BCUT2D eigenvalue weighted by Crippen LogP contribution is -2.47. The fourth-order valence-corrected chi connectivity index (χ4v) is 3.77. The van der Waals surface area contributed by atoms with Crippen LogP contribution in [0.4, 0.5) is 15.0 Å². The first-order valence-electron chi connectivity index (χ1n) is 11.5. The number of esters is 1. The second-order valence-corrected chi connectivity index (χ2v) is 8.60. The Bertz CT molecular complexity index is 1260. The number of carbonyl (C=O) groups excluding carboxylic acids is 3. The standard InChI is InChI=1S/C26H28ClFN4O5/c1-32(23(33)11-10-17-8-5-9-21(28)25(17)27)20(14-29-15-24(34)36-2)16-37-26(35)31-22-12-18-6-3-4-7-19(18)13-30-22/h3-9,12-13,20,29H,10-11,14-16H2,1-2H3,(H,30,31,35)/t20-/m0/s1. The van der Waals surface area contributed by atoms with E-state index in [0.29, 0.717) is 11.4 Å². The highest BCUT2D eigenvalue weighted by Gasteiger charge is 2.22. The van der Waals surface area contributed by atoms with E-state index < -0.39 is 23.9 Å². The predicted octanol–water partition coefficient (Wildman–Crippen LogP) is 3.80. The molecule has 2 N–H and O–H groups in total. The van der Waals surface area contributed by atoms with Crippen molar-refractivity contribution < 1.29 is 28.2 Å². The largest absolute Gasteiger partial charge is 0.468 e. The van der Waals surface area contributed by atoms with Gasteiger partial charge in [-0.15, -0.1) is 0 Å². The molecule has 1 atom stereocenters. The normalized spacial score (nSPS) is 11.6. The summed E-state index contributed by atoms with van der Waals surface area (Å²) in [5, 5.41) is 7.29. The quantitative estimate of drug-likeness (QED) is 0.363. The smallest absolute Gasteiger partial charge is 0.412 e. The highest BCUT2D eigenvalue weighted by Crippen LogP contribution is 2.21. The Morgan fingerprint density at radius 3 is 2.65 bits per heavy atom. The first kappa shape index (κ1) is 27.8. The zero-order valence-corrected chi connectivity index (χ0v) is 21.3. The van der Waals surface area contributed by atoms with E-state index in [4.69, 9.17) is 16.3 Å². The van der Waals surface area contributed by atoms with E-state index in [9.17, 15) is 18.8 Å². The molecule has 0 saturated heterocycles. The third-order valence-corrected chi connectivity index (χ3v) is 6.15. The maximum Gasteiger partial charge on any atom is 0.412 e. The Morgan fingerprint density at radius 2 is 1.89 bits per heavy atom. The molecule has 2 aromatic carbocycles. The number of likely N-dealkylation sites (N-methyl/N-ethyl adjacent to an activating group) is 1. The number of nitrogens with zero attached hydrogens (tertiary/aromatic N) is 2. The number of benzene rings is 2. The van der Waals surface area contributed by atoms with Crippen molar-refractivity contribution in [2.75, 3.05) is 39.2 Å². The first-order chi connectivity index (χ1) is 17.8. The maximum atomic E-state index is 13.7. The molecule has 3 aromatic rings. The number of ether oxygens (including phenoxy) is 2. The average Bonchev–Trinajstić information content (AvgIpc) is 2.90. The third kappa shape index (κ3) is 8.12. The van der Waals surface area contributed by atoms with Gasteiger partial charge in [0.05, 0.1) is 24.7 Å². The summed E-state index contributed by atoms with van der Waals surface area (Å²) >= 11 is 5.99. The van der Waals surface area contributed by atoms with Crippen LogP contribution < -0.4 is 10.6 Å². The van der Waals surface area contributed by atoms with Crippen LogP contribution in [0, 0.1) is 5.82 Å². The number of fused-ring (bicyclic) bond motifs is 1. The molecular weight excluding hydrogens is 503 g/mol. The van der Waals surface area contributed by atoms with Crippen molar-refractivity contribution in [1.82, 2.24) is 15.2 Å². The van der Waals surface area contributed by atoms with Crippen LogP contribution in [-0.4, -0.2) is 67.7 Å². The van der Waals surface area contributed by atoms with E-state index in [1.165, 1.54) is 24.1 Å². The molecule has 0 unspecified atom stereocenters. The molecule has 0 aliphatic heterocycles. The number of carbonyl (C=O) groups is 3. The number of halogens is 2. The second kappa shape index (κ2) is 13.5. The second-order valence-electron chi connectivity index (χ2n) is 8.22. The molecule has 0 saturated carbocycles. The van der Waals surface area contributed by atoms with Crippen molar-refractivity contribution in [3.05, 3.63) is 71.1 Å². The van der Waals surface area contributed by atoms with Crippen LogP contribution in [0.25, 0.3) is 10.8 Å². The van der Waals surface area contributed by atoms with Gasteiger partial charge in [0.15, 0.2) is 0 Å². The Hall–Kier alpha value is -3.76. The van der Waals surface area contributed by atoms with Crippen LogP contribution in [0.2, 0.25) is 5.02 Å². The van der Waals surface area contributed by atoms with E-state index >= 15 is 0 Å². The van der Waals surface area contributed by atoms with Gasteiger partial charge >= 0.3 is 12.1 Å². The van der Waals surface area contributed by atoms with Crippen molar-refractivity contribution in [3.63, 3.8) is 0 Å². The zero-order valence-electron chi connectivity index (χ0n) is 20.5. The minimum atomic E-state index is -0.742. The van der Waals surface area contributed by atoms with Gasteiger partial charge in [-0.2, -0.15) is 0 Å². The maximum absolute atomic E-state index is 13.7. The van der Waals surface area contributed by atoms with E-state index in [-0.39, 0.29) is 43.5 Å². The summed E-state index contributed by atoms with van der Waals surface area (Å²) in [6.07, 6.45) is 1.19. The van der Waals surface area contributed by atoms with Crippen molar-refractivity contribution in [1.29, 1.82) is 0 Å². The molecule has 0 radical (unpaired) electrons. The Morgan fingerprint density at radius 1 is 1.14 bits per heavy atom. The summed E-state index contributed by atoms with van der Waals surface area (Å²) in [6.45, 7) is -0.0861. The number of aromatic nitrogens is 1. The summed E-state index contributed by atoms with van der Waals surface area (Å²) in [6, 6.07) is 13.1. The van der Waals surface area contributed by atoms with Crippen molar-refractivity contribution >= 4 is 46.2 Å². The Balaban J connectivity index is 1.60. The van der Waals surface area contributed by atoms with E-state index in [1.54, 1.807) is 25.4 Å². The van der Waals surface area contributed by atoms with Crippen molar-refractivity contribution in [3.8, 4) is 0 Å². The molecule has 0 fully saturated rings. The van der Waals surface area contributed by atoms with Crippen molar-refractivity contribution in [2.45, 2.75) is 18.9 Å². The molecule has 1 aromatic heterocycles. The monoisotopic (exact) mass is 530 g/mol. The van der Waals surface area contributed by atoms with Gasteiger partial charge in [-0.05, 0) is 29.5 Å². The lowest BCUT2D eigenvalue weighted by atomic mass is 10.1. The van der Waals surface area contributed by atoms with Gasteiger partial charge in [0.1, 0.15) is 18.2 Å². The topological polar surface area (TPSA) is 110 Å². The van der Waals surface area contributed by atoms with Crippen LogP contribution in [0.15, 0.2) is 54.7 Å². The number of anilines is 1. The Labute approximate surface area is 218 Å². The molecule has 37 heavy (non-hydrogen) atoms.